The molecule has 0 aromatic heterocycles. The first-order chi connectivity index (χ1) is 22.5. The number of hydrogen-bond acceptors (Lipinski definition) is 0. The molecule has 46 heavy (non-hydrogen) atoms. The monoisotopic (exact) mass is 682 g/mol. The normalized spacial score (nSPS) is 14.5. The Balaban J connectivity index is 1.54. The summed E-state index contributed by atoms with van der Waals surface area (Å²) in [5.41, 5.74) is 13.4. The average molecular weight is 684 g/mol. The molecule has 4 aromatic rings. The third kappa shape index (κ3) is 7.01. The number of rotatable bonds is 13. The zero-order valence-electron chi connectivity index (χ0n) is 28.8. The quantitative estimate of drug-likeness (QED) is 0.116. The summed E-state index contributed by atoms with van der Waals surface area (Å²) in [5.74, 6) is 1.10. The molecule has 0 N–H and O–H groups in total. The molecule has 0 bridgehead atoms. The summed E-state index contributed by atoms with van der Waals surface area (Å²) in [7, 11) is 0. The Kier molecular flexibility index (Phi) is 11.0. The van der Waals surface area contributed by atoms with Crippen molar-refractivity contribution < 1.29 is 21.3 Å². The van der Waals surface area contributed by atoms with E-state index in [9.17, 15) is 0 Å². The van der Waals surface area contributed by atoms with Crippen LogP contribution in [0, 0.1) is 12.8 Å². The molecule has 6 rings (SSSR count). The van der Waals surface area contributed by atoms with Crippen LogP contribution in [0.3, 0.4) is 0 Å². The van der Waals surface area contributed by atoms with E-state index in [0.717, 1.165) is 12.8 Å². The van der Waals surface area contributed by atoms with Crippen LogP contribution in [-0.4, -0.2) is 3.21 Å². The SMILES string of the molecule is CCCC[C](CCCC)=[Zr]([C]1=CC=CC1)[c]1c(CC(C)C(C)c2ccccc2)ccc2c1Cc1cc(C)c(-c3ccccc3)cc1-2. The Labute approximate surface area is 286 Å². The van der Waals surface area contributed by atoms with Crippen molar-refractivity contribution in [3.8, 4) is 22.3 Å². The number of unbranched alkanes of at least 4 members (excludes halogenated alkanes) is 2. The third-order valence-electron chi connectivity index (χ3n) is 10.7. The maximum absolute atomic E-state index is 2.58. The van der Waals surface area contributed by atoms with Gasteiger partial charge in [-0.2, -0.15) is 0 Å². The van der Waals surface area contributed by atoms with Crippen molar-refractivity contribution in [2.45, 2.75) is 98.3 Å². The van der Waals surface area contributed by atoms with Gasteiger partial charge in [0.15, 0.2) is 0 Å². The van der Waals surface area contributed by atoms with E-state index in [1.54, 1.807) is 14.4 Å². The van der Waals surface area contributed by atoms with Crippen LogP contribution in [0.25, 0.3) is 22.3 Å². The van der Waals surface area contributed by atoms with Crippen molar-refractivity contribution in [3.05, 3.63) is 134 Å². The van der Waals surface area contributed by atoms with E-state index in [4.69, 9.17) is 0 Å². The molecule has 2 atom stereocenters. The summed E-state index contributed by atoms with van der Waals surface area (Å²) >= 11 is -2.39. The predicted molar refractivity (Wildman–Crippen MR) is 198 cm³/mol. The molecule has 0 radical (unpaired) electrons. The Morgan fingerprint density at radius 1 is 0.783 bits per heavy atom. The molecule has 0 nitrogen and oxygen atoms in total. The first kappa shape index (κ1) is 33.0. The van der Waals surface area contributed by atoms with Gasteiger partial charge in [-0.1, -0.05) is 0 Å². The van der Waals surface area contributed by atoms with Crippen LogP contribution in [-0.2, 0) is 34.1 Å². The van der Waals surface area contributed by atoms with E-state index in [0.29, 0.717) is 11.8 Å². The Bertz CT molecular complexity index is 1740. The molecule has 0 saturated heterocycles. The van der Waals surface area contributed by atoms with Crippen LogP contribution in [0.5, 0.6) is 0 Å². The second-order valence-corrected chi connectivity index (χ2v) is 20.3. The summed E-state index contributed by atoms with van der Waals surface area (Å²) in [4.78, 5) is 0. The van der Waals surface area contributed by atoms with Gasteiger partial charge in [-0.25, -0.2) is 0 Å². The molecule has 236 valence electrons. The van der Waals surface area contributed by atoms with Crippen LogP contribution in [0.15, 0.2) is 106 Å². The molecule has 4 aromatic carbocycles. The Hall–Kier alpha value is -2.89. The first-order valence-corrected chi connectivity index (χ1v) is 21.7. The maximum atomic E-state index is 2.58. The molecule has 0 saturated carbocycles. The molecule has 0 amide bonds. The summed E-state index contributed by atoms with van der Waals surface area (Å²) in [6, 6.07) is 32.3. The molecule has 1 heteroatoms. The standard InChI is InChI=1S/C31H29.C9H18.C5H5.Zr/c1-21(23(3)25-10-6-4-7-11-25)16-24-14-15-29-28(18-24)19-27-17-22(2)30(20-31(27)29)26-12-8-5-9-13-26;1-3-5-7-9-8-6-4-2;1-2-4-5-3-1;/h4-15,17,20-21,23H,16,19H2,1-3H3;3-8H2,1-2H3;1-3H,4H2;. The van der Waals surface area contributed by atoms with Gasteiger partial charge in [-0.15, -0.1) is 0 Å². The molecule has 2 aliphatic carbocycles. The van der Waals surface area contributed by atoms with Crippen molar-refractivity contribution >= 4 is 6.48 Å². The van der Waals surface area contributed by atoms with Gasteiger partial charge in [0.1, 0.15) is 0 Å². The van der Waals surface area contributed by atoms with E-state index >= 15 is 0 Å². The Morgan fingerprint density at radius 3 is 2.13 bits per heavy atom. The van der Waals surface area contributed by atoms with Crippen molar-refractivity contribution in [1.82, 2.24) is 0 Å². The van der Waals surface area contributed by atoms with E-state index in [1.165, 1.54) is 83.9 Å². The summed E-state index contributed by atoms with van der Waals surface area (Å²) in [5, 5.41) is 0. The van der Waals surface area contributed by atoms with Crippen molar-refractivity contribution in [1.29, 1.82) is 0 Å². The third-order valence-corrected chi connectivity index (χ3v) is 18.9. The fourth-order valence-electron chi connectivity index (χ4n) is 7.86. The van der Waals surface area contributed by atoms with Crippen molar-refractivity contribution in [2.24, 2.45) is 5.92 Å². The second kappa shape index (κ2) is 15.3. The van der Waals surface area contributed by atoms with Gasteiger partial charge in [0, 0.05) is 0 Å². The molecule has 0 fully saturated rings. The Morgan fingerprint density at radius 2 is 1.48 bits per heavy atom. The number of benzene rings is 4. The van der Waals surface area contributed by atoms with Crippen LogP contribution in [0.2, 0.25) is 0 Å². The molecule has 0 aliphatic heterocycles. The van der Waals surface area contributed by atoms with Gasteiger partial charge in [0.25, 0.3) is 0 Å². The summed E-state index contributed by atoms with van der Waals surface area (Å²) < 4.78 is 5.62. The van der Waals surface area contributed by atoms with Crippen LogP contribution < -0.4 is 3.27 Å². The van der Waals surface area contributed by atoms with Gasteiger partial charge >= 0.3 is 288 Å². The van der Waals surface area contributed by atoms with Gasteiger partial charge in [0.05, 0.1) is 0 Å². The molecule has 0 spiro atoms. The first-order valence-electron chi connectivity index (χ1n) is 18.0. The minimum atomic E-state index is -2.39. The van der Waals surface area contributed by atoms with Gasteiger partial charge in [-0.3, -0.25) is 0 Å². The van der Waals surface area contributed by atoms with Gasteiger partial charge < -0.3 is 0 Å². The number of aryl methyl sites for hydroxylation is 1. The fraction of sp³-hybridized carbons (Fsp3) is 0.356. The predicted octanol–water partition coefficient (Wildman–Crippen LogP) is 11.9. The van der Waals surface area contributed by atoms with Crippen LogP contribution in [0.4, 0.5) is 0 Å². The number of allylic oxidation sites excluding steroid dienone is 4. The fourth-order valence-corrected chi connectivity index (χ4v) is 16.7. The van der Waals surface area contributed by atoms with Crippen LogP contribution >= 0.6 is 0 Å². The molecular formula is C45H52Zr. The molecule has 2 unspecified atom stereocenters. The van der Waals surface area contributed by atoms with Gasteiger partial charge in [0.2, 0.25) is 0 Å². The topological polar surface area (TPSA) is 0 Å². The number of fused-ring (bicyclic) bond motifs is 3. The molecular weight excluding hydrogens is 632 g/mol. The van der Waals surface area contributed by atoms with E-state index in [2.05, 4.69) is 138 Å². The molecule has 2 aliphatic rings. The van der Waals surface area contributed by atoms with Crippen molar-refractivity contribution in [3.63, 3.8) is 0 Å². The second-order valence-electron chi connectivity index (χ2n) is 13.9. The minimum absolute atomic E-state index is 0.527. The van der Waals surface area contributed by atoms with Gasteiger partial charge in [-0.05, 0) is 0 Å². The number of hydrogen-bond donors (Lipinski definition) is 0. The average Bonchev–Trinajstić information content (AvgIpc) is 3.74. The van der Waals surface area contributed by atoms with Crippen molar-refractivity contribution in [2.75, 3.05) is 0 Å². The molecule has 0 heterocycles. The van der Waals surface area contributed by atoms with Crippen LogP contribution in [0.1, 0.15) is 106 Å². The zero-order chi connectivity index (χ0) is 32.0. The summed E-state index contributed by atoms with van der Waals surface area (Å²) in [6.45, 7) is 12.0. The van der Waals surface area contributed by atoms with E-state index < -0.39 is 21.3 Å². The van der Waals surface area contributed by atoms with E-state index in [-0.39, 0.29) is 0 Å². The van der Waals surface area contributed by atoms with E-state index in [1.807, 2.05) is 6.48 Å². The zero-order valence-corrected chi connectivity index (χ0v) is 31.3. The summed E-state index contributed by atoms with van der Waals surface area (Å²) in [6.07, 6.45) is 18.6.